The van der Waals surface area contributed by atoms with Crippen molar-refractivity contribution in [2.45, 2.75) is 25.8 Å². The number of nitrogens with one attached hydrogen (secondary N) is 2. The molecule has 0 heterocycles. The highest BCUT2D eigenvalue weighted by atomic mass is 16.5. The molecule has 116 valence electrons. The molecule has 7 heteroatoms. The quantitative estimate of drug-likeness (QED) is 0.715. The fourth-order valence-electron chi connectivity index (χ4n) is 1.77. The fraction of sp³-hybridized carbons (Fsp3) is 0.429. The number of hydrogen-bond acceptors (Lipinski definition) is 4. The summed E-state index contributed by atoms with van der Waals surface area (Å²) in [6.07, 6.45) is 1.01. The van der Waals surface area contributed by atoms with Crippen molar-refractivity contribution >= 4 is 17.7 Å². The highest BCUT2D eigenvalue weighted by Gasteiger charge is 2.19. The Bertz CT molecular complexity index is 504. The van der Waals surface area contributed by atoms with E-state index in [1.807, 2.05) is 6.92 Å². The topological polar surface area (TPSA) is 96.9 Å². The van der Waals surface area contributed by atoms with E-state index < -0.39 is 18.0 Å². The maximum absolute atomic E-state index is 11.9. The Balaban J connectivity index is 2.79. The number of benzene rings is 1. The molecule has 0 unspecified atom stereocenters. The molecule has 0 aliphatic carbocycles. The lowest BCUT2D eigenvalue weighted by Gasteiger charge is -2.16. The van der Waals surface area contributed by atoms with Gasteiger partial charge in [0.05, 0.1) is 19.9 Å². The number of carboxylic acids is 1. The standard InChI is InChI=1S/C14H20N2O5/c1-4-5-10(13(17)18)15-14(19)16-11-8-9(20-2)6-7-12(11)21-3/h6-8,10H,4-5H2,1-3H3,(H,17,18)(H2,15,16,19)/t10-/m1/s1. The van der Waals surface area contributed by atoms with Gasteiger partial charge < -0.3 is 25.2 Å². The van der Waals surface area contributed by atoms with Gasteiger partial charge in [-0.05, 0) is 18.6 Å². The lowest BCUT2D eigenvalue weighted by Crippen LogP contribution is -2.42. The summed E-state index contributed by atoms with van der Waals surface area (Å²) < 4.78 is 10.2. The molecule has 0 bridgehead atoms. The lowest BCUT2D eigenvalue weighted by molar-refractivity contribution is -0.139. The first kappa shape index (κ1) is 16.6. The summed E-state index contributed by atoms with van der Waals surface area (Å²) in [6.45, 7) is 1.85. The molecule has 0 aromatic heterocycles. The van der Waals surface area contributed by atoms with Crippen molar-refractivity contribution in [3.05, 3.63) is 18.2 Å². The van der Waals surface area contributed by atoms with Crippen LogP contribution in [0.2, 0.25) is 0 Å². The smallest absolute Gasteiger partial charge is 0.326 e. The normalized spacial score (nSPS) is 11.4. The Hall–Kier alpha value is -2.44. The minimum Gasteiger partial charge on any atom is -0.497 e. The first-order chi connectivity index (χ1) is 10.0. The molecule has 0 fully saturated rings. The van der Waals surface area contributed by atoms with E-state index >= 15 is 0 Å². The van der Waals surface area contributed by atoms with E-state index in [4.69, 9.17) is 14.6 Å². The van der Waals surface area contributed by atoms with Crippen molar-refractivity contribution < 1.29 is 24.2 Å². The third-order valence-electron chi connectivity index (χ3n) is 2.84. The molecule has 0 radical (unpaired) electrons. The summed E-state index contributed by atoms with van der Waals surface area (Å²) in [6, 6.07) is 3.40. The zero-order chi connectivity index (χ0) is 15.8. The van der Waals surface area contributed by atoms with E-state index in [0.29, 0.717) is 30.0 Å². The first-order valence-electron chi connectivity index (χ1n) is 6.54. The maximum atomic E-state index is 11.9. The average molecular weight is 296 g/mol. The van der Waals surface area contributed by atoms with Gasteiger partial charge in [-0.15, -0.1) is 0 Å². The Morgan fingerprint density at radius 2 is 2.00 bits per heavy atom. The molecular weight excluding hydrogens is 276 g/mol. The Kier molecular flexibility index (Phi) is 6.32. The summed E-state index contributed by atoms with van der Waals surface area (Å²) in [7, 11) is 2.98. The van der Waals surface area contributed by atoms with Gasteiger partial charge in [0.2, 0.25) is 0 Å². The number of urea groups is 1. The number of aliphatic carboxylic acids is 1. The van der Waals surface area contributed by atoms with Crippen LogP contribution in [0.25, 0.3) is 0 Å². The van der Waals surface area contributed by atoms with Crippen molar-refractivity contribution in [3.63, 3.8) is 0 Å². The fourth-order valence-corrected chi connectivity index (χ4v) is 1.77. The molecule has 1 rings (SSSR count). The van der Waals surface area contributed by atoms with E-state index in [9.17, 15) is 9.59 Å². The largest absolute Gasteiger partial charge is 0.497 e. The van der Waals surface area contributed by atoms with Crippen LogP contribution in [0.1, 0.15) is 19.8 Å². The van der Waals surface area contributed by atoms with E-state index in [-0.39, 0.29) is 0 Å². The monoisotopic (exact) mass is 296 g/mol. The highest BCUT2D eigenvalue weighted by Crippen LogP contribution is 2.28. The number of anilines is 1. The van der Waals surface area contributed by atoms with Crippen LogP contribution in [0.4, 0.5) is 10.5 Å². The SMILES string of the molecule is CCC[C@@H](NC(=O)Nc1cc(OC)ccc1OC)C(=O)O. The van der Waals surface area contributed by atoms with Crippen LogP contribution in [0.15, 0.2) is 18.2 Å². The van der Waals surface area contributed by atoms with Gasteiger partial charge in [-0.25, -0.2) is 9.59 Å². The van der Waals surface area contributed by atoms with Crippen molar-refractivity contribution in [3.8, 4) is 11.5 Å². The third-order valence-corrected chi connectivity index (χ3v) is 2.84. The van der Waals surface area contributed by atoms with Gasteiger partial charge in [0.1, 0.15) is 17.5 Å². The molecule has 21 heavy (non-hydrogen) atoms. The summed E-state index contributed by atoms with van der Waals surface area (Å²) in [5.41, 5.74) is 0.398. The van der Waals surface area contributed by atoms with Crippen molar-refractivity contribution in [2.75, 3.05) is 19.5 Å². The zero-order valence-electron chi connectivity index (χ0n) is 12.3. The molecule has 3 N–H and O–H groups in total. The second kappa shape index (κ2) is 7.98. The predicted octanol–water partition coefficient (Wildman–Crippen LogP) is 2.08. The van der Waals surface area contributed by atoms with Crippen LogP contribution in [-0.2, 0) is 4.79 Å². The molecule has 1 atom stereocenters. The number of hydrogen-bond donors (Lipinski definition) is 3. The molecule has 1 aromatic rings. The van der Waals surface area contributed by atoms with E-state index in [0.717, 1.165) is 0 Å². The Morgan fingerprint density at radius 1 is 1.29 bits per heavy atom. The number of rotatable bonds is 7. The summed E-state index contributed by atoms with van der Waals surface area (Å²) >= 11 is 0. The van der Waals surface area contributed by atoms with Gasteiger partial charge in [0.15, 0.2) is 0 Å². The van der Waals surface area contributed by atoms with Crippen molar-refractivity contribution in [1.82, 2.24) is 5.32 Å². The number of carboxylic acid groups (broad SMARTS) is 1. The zero-order valence-corrected chi connectivity index (χ0v) is 12.3. The summed E-state index contributed by atoms with van der Waals surface area (Å²) in [4.78, 5) is 22.9. The molecular formula is C14H20N2O5. The van der Waals surface area contributed by atoms with Gasteiger partial charge >= 0.3 is 12.0 Å². The number of methoxy groups -OCH3 is 2. The van der Waals surface area contributed by atoms with Crippen LogP contribution in [-0.4, -0.2) is 37.4 Å². The molecule has 0 spiro atoms. The summed E-state index contributed by atoms with van der Waals surface area (Å²) in [5, 5.41) is 14.0. The molecule has 0 aliphatic heterocycles. The van der Waals surface area contributed by atoms with Crippen LogP contribution in [0.5, 0.6) is 11.5 Å². The van der Waals surface area contributed by atoms with Gasteiger partial charge in [0, 0.05) is 6.07 Å². The van der Waals surface area contributed by atoms with E-state index in [2.05, 4.69) is 10.6 Å². The minimum atomic E-state index is -1.07. The van der Waals surface area contributed by atoms with Crippen LogP contribution < -0.4 is 20.1 Å². The second-order valence-corrected chi connectivity index (χ2v) is 4.34. The first-order valence-corrected chi connectivity index (χ1v) is 6.54. The molecule has 1 aromatic carbocycles. The van der Waals surface area contributed by atoms with Crippen LogP contribution in [0.3, 0.4) is 0 Å². The van der Waals surface area contributed by atoms with Crippen LogP contribution in [0, 0.1) is 0 Å². The summed E-state index contributed by atoms with van der Waals surface area (Å²) in [5.74, 6) is -0.0626. The minimum absolute atomic E-state index is 0.359. The number of ether oxygens (including phenoxy) is 2. The maximum Gasteiger partial charge on any atom is 0.326 e. The molecule has 0 aliphatic rings. The number of amides is 2. The van der Waals surface area contributed by atoms with Gasteiger partial charge in [-0.2, -0.15) is 0 Å². The average Bonchev–Trinajstić information content (AvgIpc) is 2.46. The van der Waals surface area contributed by atoms with E-state index in [1.165, 1.54) is 14.2 Å². The van der Waals surface area contributed by atoms with Gasteiger partial charge in [-0.1, -0.05) is 13.3 Å². The predicted molar refractivity (Wildman–Crippen MR) is 78.0 cm³/mol. The van der Waals surface area contributed by atoms with E-state index in [1.54, 1.807) is 18.2 Å². The Morgan fingerprint density at radius 3 is 2.52 bits per heavy atom. The van der Waals surface area contributed by atoms with Crippen molar-refractivity contribution in [1.29, 1.82) is 0 Å². The number of carbonyl (C=O) groups is 2. The Labute approximate surface area is 123 Å². The highest BCUT2D eigenvalue weighted by molar-refractivity contribution is 5.93. The van der Waals surface area contributed by atoms with Crippen LogP contribution >= 0.6 is 0 Å². The molecule has 7 nitrogen and oxygen atoms in total. The molecule has 0 saturated carbocycles. The lowest BCUT2D eigenvalue weighted by atomic mass is 10.2. The number of carbonyl (C=O) groups excluding carboxylic acids is 1. The second-order valence-electron chi connectivity index (χ2n) is 4.34. The molecule has 0 saturated heterocycles. The third kappa shape index (κ3) is 4.87. The van der Waals surface area contributed by atoms with Gasteiger partial charge in [-0.3, -0.25) is 0 Å². The van der Waals surface area contributed by atoms with Gasteiger partial charge in [0.25, 0.3) is 0 Å². The molecule has 2 amide bonds. The van der Waals surface area contributed by atoms with Crippen molar-refractivity contribution in [2.24, 2.45) is 0 Å².